The molecule has 1 aromatic carbocycles. The number of amides is 2. The van der Waals surface area contributed by atoms with Crippen LogP contribution in [0.2, 0.25) is 0 Å². The van der Waals surface area contributed by atoms with Gasteiger partial charge in [0.25, 0.3) is 0 Å². The molecule has 1 atom stereocenters. The van der Waals surface area contributed by atoms with Crippen LogP contribution in [0, 0.1) is 6.92 Å². The van der Waals surface area contributed by atoms with Crippen molar-refractivity contribution in [2.24, 2.45) is 0 Å². The minimum absolute atomic E-state index is 0.112. The van der Waals surface area contributed by atoms with E-state index in [1.807, 2.05) is 21.6 Å². The highest BCUT2D eigenvalue weighted by molar-refractivity contribution is 7.99. The van der Waals surface area contributed by atoms with Gasteiger partial charge in [-0.2, -0.15) is 11.8 Å². The van der Waals surface area contributed by atoms with Gasteiger partial charge in [0.05, 0.1) is 17.5 Å². The van der Waals surface area contributed by atoms with Crippen LogP contribution in [-0.4, -0.2) is 80.8 Å². The lowest BCUT2D eigenvalue weighted by molar-refractivity contribution is -0.136. The van der Waals surface area contributed by atoms with E-state index in [9.17, 15) is 18.0 Å². The maximum absolute atomic E-state index is 12.8. The van der Waals surface area contributed by atoms with Gasteiger partial charge < -0.3 is 10.2 Å². The molecule has 2 N–H and O–H groups in total. The third kappa shape index (κ3) is 5.30. The summed E-state index contributed by atoms with van der Waals surface area (Å²) in [4.78, 5) is 29.4. The first-order valence-corrected chi connectivity index (χ1v) is 12.4. The van der Waals surface area contributed by atoms with E-state index in [1.54, 1.807) is 19.1 Å². The number of likely N-dealkylation sites (tertiary alicyclic amines) is 1. The monoisotopic (exact) mass is 440 g/mol. The molecular weight excluding hydrogens is 412 g/mol. The second-order valence-electron chi connectivity index (χ2n) is 7.30. The van der Waals surface area contributed by atoms with Crippen LogP contribution in [0.15, 0.2) is 23.1 Å². The van der Waals surface area contributed by atoms with Crippen LogP contribution in [0.1, 0.15) is 18.4 Å². The Kier molecular flexibility index (Phi) is 7.20. The summed E-state index contributed by atoms with van der Waals surface area (Å²) < 4.78 is 26.6. The highest BCUT2D eigenvalue weighted by Gasteiger charge is 2.35. The Morgan fingerprint density at radius 2 is 1.93 bits per heavy atom. The predicted octanol–water partition coefficient (Wildman–Crippen LogP) is 0.881. The fourth-order valence-electron chi connectivity index (χ4n) is 3.75. The van der Waals surface area contributed by atoms with E-state index in [-0.39, 0.29) is 29.3 Å². The molecule has 0 bridgehead atoms. The van der Waals surface area contributed by atoms with E-state index < -0.39 is 10.0 Å². The molecule has 1 unspecified atom stereocenters. The SMILES string of the molecule is CNS(=O)(=O)c1cc(NC(=O)CN2CCCC2C(=O)N2CCSCC2)ccc1C. The average Bonchev–Trinajstić information content (AvgIpc) is 3.17. The highest BCUT2D eigenvalue weighted by Crippen LogP contribution is 2.22. The molecule has 29 heavy (non-hydrogen) atoms. The number of nitrogens with one attached hydrogen (secondary N) is 2. The molecule has 2 aliphatic rings. The van der Waals surface area contributed by atoms with Gasteiger partial charge in [0, 0.05) is 30.3 Å². The summed E-state index contributed by atoms with van der Waals surface area (Å²) in [5.41, 5.74) is 1.02. The summed E-state index contributed by atoms with van der Waals surface area (Å²) in [5.74, 6) is 1.79. The quantitative estimate of drug-likeness (QED) is 0.681. The largest absolute Gasteiger partial charge is 0.340 e. The molecule has 2 amide bonds. The average molecular weight is 441 g/mol. The number of sulfonamides is 1. The number of carbonyl (C=O) groups is 2. The van der Waals surface area contributed by atoms with Crippen molar-refractivity contribution in [3.8, 4) is 0 Å². The number of rotatable bonds is 6. The van der Waals surface area contributed by atoms with Gasteiger partial charge in [-0.1, -0.05) is 6.07 Å². The number of thioether (sulfide) groups is 1. The predicted molar refractivity (Wildman–Crippen MR) is 115 cm³/mol. The standard InChI is InChI=1S/C19H28N4O4S2/c1-14-5-6-15(12-17(14)29(26,27)20-2)21-18(24)13-23-7-3-4-16(23)19(25)22-8-10-28-11-9-22/h5-6,12,16,20H,3-4,7-11,13H2,1-2H3,(H,21,24). The summed E-state index contributed by atoms with van der Waals surface area (Å²) in [6.45, 7) is 4.06. The lowest BCUT2D eigenvalue weighted by Crippen LogP contribution is -2.49. The zero-order valence-corrected chi connectivity index (χ0v) is 18.4. The number of carbonyl (C=O) groups excluding carboxylic acids is 2. The Labute approximate surface area is 176 Å². The first-order chi connectivity index (χ1) is 13.8. The van der Waals surface area contributed by atoms with Crippen molar-refractivity contribution in [1.29, 1.82) is 0 Å². The van der Waals surface area contributed by atoms with E-state index in [0.29, 0.717) is 17.8 Å². The van der Waals surface area contributed by atoms with Gasteiger partial charge in [-0.05, 0) is 51.1 Å². The molecule has 2 fully saturated rings. The minimum atomic E-state index is -3.61. The number of hydrogen-bond acceptors (Lipinski definition) is 6. The van der Waals surface area contributed by atoms with Gasteiger partial charge >= 0.3 is 0 Å². The number of benzene rings is 1. The molecule has 1 aromatic rings. The van der Waals surface area contributed by atoms with Gasteiger partial charge in [0.15, 0.2) is 0 Å². The fourth-order valence-corrected chi connectivity index (χ4v) is 5.65. The number of aryl methyl sites for hydroxylation is 1. The molecule has 2 aliphatic heterocycles. The molecule has 10 heteroatoms. The molecule has 0 saturated carbocycles. The highest BCUT2D eigenvalue weighted by atomic mass is 32.2. The lowest BCUT2D eigenvalue weighted by atomic mass is 10.2. The molecule has 0 radical (unpaired) electrons. The molecule has 8 nitrogen and oxygen atoms in total. The Morgan fingerprint density at radius 1 is 1.21 bits per heavy atom. The molecule has 2 heterocycles. The van der Waals surface area contributed by atoms with E-state index in [2.05, 4.69) is 10.0 Å². The summed E-state index contributed by atoms with van der Waals surface area (Å²) in [7, 11) is -2.25. The first-order valence-electron chi connectivity index (χ1n) is 9.76. The number of hydrogen-bond donors (Lipinski definition) is 2. The maximum Gasteiger partial charge on any atom is 0.240 e. The zero-order chi connectivity index (χ0) is 21.0. The van der Waals surface area contributed by atoms with Gasteiger partial charge in [-0.25, -0.2) is 13.1 Å². The summed E-state index contributed by atoms with van der Waals surface area (Å²) in [6.07, 6.45) is 1.66. The Balaban J connectivity index is 1.64. The second kappa shape index (κ2) is 9.46. The van der Waals surface area contributed by atoms with Gasteiger partial charge in [0.2, 0.25) is 21.8 Å². The van der Waals surface area contributed by atoms with Crippen LogP contribution in [0.3, 0.4) is 0 Å². The third-order valence-corrected chi connectivity index (χ3v) is 7.85. The summed E-state index contributed by atoms with van der Waals surface area (Å²) >= 11 is 1.86. The van der Waals surface area contributed by atoms with E-state index >= 15 is 0 Å². The van der Waals surface area contributed by atoms with Crippen LogP contribution in [-0.2, 0) is 19.6 Å². The normalized spacial score (nSPS) is 20.6. The lowest BCUT2D eigenvalue weighted by Gasteiger charge is -2.32. The Hall–Kier alpha value is -1.62. The molecule has 3 rings (SSSR count). The van der Waals surface area contributed by atoms with Crippen molar-refractivity contribution in [2.75, 3.05) is 50.0 Å². The summed E-state index contributed by atoms with van der Waals surface area (Å²) in [6, 6.07) is 4.55. The first kappa shape index (κ1) is 22.1. The van der Waals surface area contributed by atoms with Gasteiger partial charge in [-0.3, -0.25) is 14.5 Å². The van der Waals surface area contributed by atoms with Crippen molar-refractivity contribution in [2.45, 2.75) is 30.7 Å². The van der Waals surface area contributed by atoms with E-state index in [1.165, 1.54) is 13.1 Å². The van der Waals surface area contributed by atoms with Gasteiger partial charge in [-0.15, -0.1) is 0 Å². The van der Waals surface area contributed by atoms with Crippen LogP contribution in [0.25, 0.3) is 0 Å². The van der Waals surface area contributed by atoms with Crippen LogP contribution in [0.5, 0.6) is 0 Å². The van der Waals surface area contributed by atoms with E-state index in [4.69, 9.17) is 0 Å². The maximum atomic E-state index is 12.8. The molecule has 0 aliphatic carbocycles. The third-order valence-electron chi connectivity index (χ3n) is 5.35. The molecule has 0 aromatic heterocycles. The minimum Gasteiger partial charge on any atom is -0.340 e. The van der Waals surface area contributed by atoms with Crippen molar-refractivity contribution >= 4 is 39.3 Å². The van der Waals surface area contributed by atoms with Crippen molar-refractivity contribution in [3.63, 3.8) is 0 Å². The summed E-state index contributed by atoms with van der Waals surface area (Å²) in [5, 5.41) is 2.77. The van der Waals surface area contributed by atoms with Crippen molar-refractivity contribution < 1.29 is 18.0 Å². The smallest absolute Gasteiger partial charge is 0.240 e. The van der Waals surface area contributed by atoms with Gasteiger partial charge in [0.1, 0.15) is 0 Å². The second-order valence-corrected chi connectivity index (χ2v) is 10.4. The fraction of sp³-hybridized carbons (Fsp3) is 0.579. The topological polar surface area (TPSA) is 98.8 Å². The number of nitrogens with zero attached hydrogens (tertiary/aromatic N) is 2. The molecule has 0 spiro atoms. The van der Waals surface area contributed by atoms with Crippen LogP contribution < -0.4 is 10.0 Å². The zero-order valence-electron chi connectivity index (χ0n) is 16.8. The molecule has 160 valence electrons. The van der Waals surface area contributed by atoms with Crippen molar-refractivity contribution in [1.82, 2.24) is 14.5 Å². The Morgan fingerprint density at radius 3 is 2.62 bits per heavy atom. The van der Waals surface area contributed by atoms with Crippen LogP contribution in [0.4, 0.5) is 5.69 Å². The van der Waals surface area contributed by atoms with Crippen molar-refractivity contribution in [3.05, 3.63) is 23.8 Å². The van der Waals surface area contributed by atoms with E-state index in [0.717, 1.165) is 37.4 Å². The number of anilines is 1. The Bertz CT molecular complexity index is 869. The molecule has 2 saturated heterocycles. The molecular formula is C19H28N4O4S2. The van der Waals surface area contributed by atoms with Crippen LogP contribution >= 0.6 is 11.8 Å².